The molecule has 5 atom stereocenters. The number of ether oxygens (including phenoxy) is 1. The van der Waals surface area contributed by atoms with E-state index in [0.717, 1.165) is 0 Å². The van der Waals surface area contributed by atoms with Crippen molar-refractivity contribution in [2.24, 2.45) is 5.92 Å². The summed E-state index contributed by atoms with van der Waals surface area (Å²) in [7, 11) is 0. The van der Waals surface area contributed by atoms with Crippen LogP contribution < -0.4 is 5.32 Å². The summed E-state index contributed by atoms with van der Waals surface area (Å²) in [6, 6.07) is -0.403. The molecular weight excluding hydrogens is 198 g/mol. The van der Waals surface area contributed by atoms with Gasteiger partial charge >= 0.3 is 0 Å². The Morgan fingerprint density at radius 2 is 2.07 bits per heavy atom. The molecule has 1 aliphatic heterocycles. The third-order valence-corrected chi connectivity index (χ3v) is 2.94. The van der Waals surface area contributed by atoms with Crippen LogP contribution in [-0.4, -0.2) is 47.1 Å². The van der Waals surface area contributed by atoms with Crippen LogP contribution in [-0.2, 0) is 9.53 Å². The number of carbonyl (C=O) groups excluding carboxylic acids is 1. The lowest BCUT2D eigenvalue weighted by atomic mass is 9.87. The molecule has 1 rings (SSSR count). The summed E-state index contributed by atoms with van der Waals surface area (Å²) >= 11 is 0. The predicted molar refractivity (Wildman–Crippen MR) is 54.2 cm³/mol. The van der Waals surface area contributed by atoms with Crippen LogP contribution in [0.2, 0.25) is 0 Å². The molecule has 0 radical (unpaired) electrons. The standard InChI is InChI=1S/C10H19NO4/c1-5-8(4-12)15-6(2)9(10(5)14)11-7(3)13/h5-6,8-10,12,14H,4H2,1-3H3,(H,11,13)/t5-,6+,8?,9?,10?/m1/s1. The number of carbonyl (C=O) groups is 1. The molecule has 0 aliphatic carbocycles. The second-order valence-corrected chi connectivity index (χ2v) is 4.14. The van der Waals surface area contributed by atoms with Gasteiger partial charge in [-0.15, -0.1) is 0 Å². The van der Waals surface area contributed by atoms with Crippen molar-refractivity contribution in [2.45, 2.75) is 45.1 Å². The molecule has 1 heterocycles. The van der Waals surface area contributed by atoms with E-state index in [-0.39, 0.29) is 30.6 Å². The van der Waals surface area contributed by atoms with Gasteiger partial charge in [0.1, 0.15) is 0 Å². The zero-order valence-corrected chi connectivity index (χ0v) is 9.30. The van der Waals surface area contributed by atoms with E-state index in [1.807, 2.05) is 0 Å². The lowest BCUT2D eigenvalue weighted by Crippen LogP contribution is -2.60. The molecule has 0 spiro atoms. The van der Waals surface area contributed by atoms with Gasteiger partial charge in [-0.05, 0) is 6.92 Å². The van der Waals surface area contributed by atoms with E-state index in [9.17, 15) is 9.90 Å². The van der Waals surface area contributed by atoms with E-state index in [1.165, 1.54) is 6.92 Å². The van der Waals surface area contributed by atoms with E-state index in [4.69, 9.17) is 9.84 Å². The molecule has 1 aliphatic rings. The van der Waals surface area contributed by atoms with Crippen LogP contribution in [0.4, 0.5) is 0 Å². The van der Waals surface area contributed by atoms with E-state index >= 15 is 0 Å². The topological polar surface area (TPSA) is 78.8 Å². The van der Waals surface area contributed by atoms with Crippen molar-refractivity contribution < 1.29 is 19.7 Å². The fourth-order valence-corrected chi connectivity index (χ4v) is 1.96. The summed E-state index contributed by atoms with van der Waals surface area (Å²) in [5.74, 6) is -0.382. The second kappa shape index (κ2) is 4.92. The van der Waals surface area contributed by atoms with Crippen molar-refractivity contribution in [1.82, 2.24) is 5.32 Å². The maximum Gasteiger partial charge on any atom is 0.217 e. The van der Waals surface area contributed by atoms with Crippen molar-refractivity contribution in [3.63, 3.8) is 0 Å². The van der Waals surface area contributed by atoms with Gasteiger partial charge in [0.05, 0.1) is 31.0 Å². The number of hydrogen-bond acceptors (Lipinski definition) is 4. The minimum Gasteiger partial charge on any atom is -0.394 e. The van der Waals surface area contributed by atoms with Gasteiger partial charge in [0.15, 0.2) is 0 Å². The van der Waals surface area contributed by atoms with Gasteiger partial charge in [-0.25, -0.2) is 0 Å². The zero-order chi connectivity index (χ0) is 11.6. The highest BCUT2D eigenvalue weighted by molar-refractivity contribution is 5.73. The Labute approximate surface area is 89.4 Å². The summed E-state index contributed by atoms with van der Waals surface area (Å²) in [5, 5.41) is 21.7. The molecule has 3 N–H and O–H groups in total. The fourth-order valence-electron chi connectivity index (χ4n) is 1.96. The van der Waals surface area contributed by atoms with Gasteiger partial charge in [-0.3, -0.25) is 4.79 Å². The average Bonchev–Trinajstić information content (AvgIpc) is 2.18. The van der Waals surface area contributed by atoms with Crippen molar-refractivity contribution in [2.75, 3.05) is 6.61 Å². The molecule has 0 aromatic carbocycles. The summed E-state index contributed by atoms with van der Waals surface area (Å²) in [6.45, 7) is 4.86. The first-order valence-corrected chi connectivity index (χ1v) is 5.18. The van der Waals surface area contributed by atoms with Crippen LogP contribution in [0, 0.1) is 5.92 Å². The molecule has 0 bridgehead atoms. The Morgan fingerprint density at radius 1 is 1.47 bits per heavy atom. The van der Waals surface area contributed by atoms with Crippen LogP contribution in [0.15, 0.2) is 0 Å². The molecule has 0 saturated carbocycles. The lowest BCUT2D eigenvalue weighted by molar-refractivity contribution is -0.160. The number of aliphatic hydroxyl groups excluding tert-OH is 2. The Kier molecular flexibility index (Phi) is 4.07. The van der Waals surface area contributed by atoms with Crippen molar-refractivity contribution >= 4 is 5.91 Å². The zero-order valence-electron chi connectivity index (χ0n) is 9.30. The monoisotopic (exact) mass is 217 g/mol. The molecule has 1 amide bonds. The third kappa shape index (κ3) is 2.68. The smallest absolute Gasteiger partial charge is 0.217 e. The van der Waals surface area contributed by atoms with Gasteiger partial charge in [-0.1, -0.05) is 6.92 Å². The summed E-state index contributed by atoms with van der Waals surface area (Å²) in [4.78, 5) is 10.9. The highest BCUT2D eigenvalue weighted by atomic mass is 16.5. The first-order chi connectivity index (χ1) is 6.97. The highest BCUT2D eigenvalue weighted by Crippen LogP contribution is 2.25. The molecule has 5 heteroatoms. The molecule has 5 nitrogen and oxygen atoms in total. The van der Waals surface area contributed by atoms with Gasteiger partial charge in [0.2, 0.25) is 5.91 Å². The van der Waals surface area contributed by atoms with Crippen molar-refractivity contribution in [1.29, 1.82) is 0 Å². The second-order valence-electron chi connectivity index (χ2n) is 4.14. The van der Waals surface area contributed by atoms with Crippen LogP contribution in [0.25, 0.3) is 0 Å². The molecule has 88 valence electrons. The highest BCUT2D eigenvalue weighted by Gasteiger charge is 2.40. The first kappa shape index (κ1) is 12.4. The molecular formula is C10H19NO4. The minimum absolute atomic E-state index is 0.116. The quantitative estimate of drug-likeness (QED) is 0.569. The largest absolute Gasteiger partial charge is 0.394 e. The van der Waals surface area contributed by atoms with Gasteiger partial charge in [0, 0.05) is 12.8 Å². The number of amides is 1. The van der Waals surface area contributed by atoms with Crippen LogP contribution >= 0.6 is 0 Å². The Bertz CT molecular complexity index is 233. The van der Waals surface area contributed by atoms with Crippen LogP contribution in [0.1, 0.15) is 20.8 Å². The molecule has 1 fully saturated rings. The Hall–Kier alpha value is -0.650. The fraction of sp³-hybridized carbons (Fsp3) is 0.900. The van der Waals surface area contributed by atoms with E-state index < -0.39 is 12.1 Å². The van der Waals surface area contributed by atoms with E-state index in [0.29, 0.717) is 0 Å². The number of aliphatic hydroxyl groups is 2. The number of nitrogens with one attached hydrogen (secondary N) is 1. The summed E-state index contributed by atoms with van der Waals surface area (Å²) < 4.78 is 5.51. The predicted octanol–water partition coefficient (Wildman–Crippen LogP) is -0.732. The normalized spacial score (nSPS) is 41.3. The third-order valence-electron chi connectivity index (χ3n) is 2.94. The van der Waals surface area contributed by atoms with Gasteiger partial charge < -0.3 is 20.3 Å². The Morgan fingerprint density at radius 3 is 2.53 bits per heavy atom. The van der Waals surface area contributed by atoms with Crippen LogP contribution in [0.3, 0.4) is 0 Å². The van der Waals surface area contributed by atoms with Gasteiger partial charge in [-0.2, -0.15) is 0 Å². The molecule has 3 unspecified atom stereocenters. The van der Waals surface area contributed by atoms with Crippen LogP contribution in [0.5, 0.6) is 0 Å². The molecule has 0 aromatic rings. The van der Waals surface area contributed by atoms with Crippen molar-refractivity contribution in [3.05, 3.63) is 0 Å². The minimum atomic E-state index is -0.685. The Balaban J connectivity index is 2.70. The van der Waals surface area contributed by atoms with Crippen molar-refractivity contribution in [3.8, 4) is 0 Å². The molecule has 0 aromatic heterocycles. The summed E-state index contributed by atoms with van der Waals surface area (Å²) in [5.41, 5.74) is 0. The maximum absolute atomic E-state index is 10.9. The van der Waals surface area contributed by atoms with Gasteiger partial charge in [0.25, 0.3) is 0 Å². The van der Waals surface area contributed by atoms with E-state index in [2.05, 4.69) is 5.32 Å². The summed E-state index contributed by atoms with van der Waals surface area (Å²) in [6.07, 6.45) is -1.34. The number of hydrogen-bond donors (Lipinski definition) is 3. The molecule has 1 saturated heterocycles. The molecule has 15 heavy (non-hydrogen) atoms. The first-order valence-electron chi connectivity index (χ1n) is 5.18. The number of rotatable bonds is 2. The maximum atomic E-state index is 10.9. The SMILES string of the molecule is CC(=O)NC1C(O)[C@H](C)C(CO)O[C@H]1C. The lowest BCUT2D eigenvalue weighted by Gasteiger charge is -2.42. The average molecular weight is 217 g/mol. The van der Waals surface area contributed by atoms with E-state index in [1.54, 1.807) is 13.8 Å².